The summed E-state index contributed by atoms with van der Waals surface area (Å²) in [4.78, 5) is 22.3. The monoisotopic (exact) mass is 227 g/mol. The summed E-state index contributed by atoms with van der Waals surface area (Å²) in [7, 11) is 0. The van der Waals surface area contributed by atoms with Crippen molar-refractivity contribution in [3.05, 3.63) is 0 Å². The van der Waals surface area contributed by atoms with Gasteiger partial charge in [0.05, 0.1) is 0 Å². The molecule has 6 heteroatoms. The van der Waals surface area contributed by atoms with Crippen LogP contribution in [0, 0.1) is 0 Å². The highest BCUT2D eigenvalue weighted by Gasteiger charge is 2.17. The smallest absolute Gasteiger partial charge is 0.267 e. The van der Waals surface area contributed by atoms with Crippen molar-refractivity contribution in [3.63, 3.8) is 0 Å². The Kier molecular flexibility index (Phi) is 5.49. The van der Waals surface area contributed by atoms with Crippen LogP contribution in [0.25, 0.3) is 0 Å². The average molecular weight is 227 g/mol. The Hall–Kier alpha value is -1.43. The van der Waals surface area contributed by atoms with Crippen LogP contribution in [0.4, 0.5) is 0 Å². The predicted octanol–water partition coefficient (Wildman–Crippen LogP) is -0.205. The second-order valence-electron chi connectivity index (χ2n) is 3.40. The summed E-state index contributed by atoms with van der Waals surface area (Å²) >= 11 is 0. The minimum absolute atomic E-state index is 0.145. The van der Waals surface area contributed by atoms with E-state index in [0.717, 1.165) is 6.42 Å². The second kappa shape index (κ2) is 6.95. The molecule has 0 saturated carbocycles. The van der Waals surface area contributed by atoms with E-state index in [9.17, 15) is 9.59 Å². The van der Waals surface area contributed by atoms with Gasteiger partial charge in [0.2, 0.25) is 5.91 Å². The number of hydrazone groups is 1. The zero-order valence-electron chi connectivity index (χ0n) is 9.41. The van der Waals surface area contributed by atoms with E-state index in [4.69, 9.17) is 4.74 Å². The SMILES string of the molecule is CCOCCCNC(=O)C1=NNC(=O)CC1. The third-order valence-corrected chi connectivity index (χ3v) is 2.12. The van der Waals surface area contributed by atoms with Crippen LogP contribution in [-0.2, 0) is 14.3 Å². The standard InChI is InChI=1S/C10H17N3O3/c1-2-16-7-3-6-11-10(15)8-4-5-9(14)13-12-8/h2-7H2,1H3,(H,11,15)(H,13,14). The molecule has 16 heavy (non-hydrogen) atoms. The van der Waals surface area contributed by atoms with Crippen molar-refractivity contribution in [2.45, 2.75) is 26.2 Å². The van der Waals surface area contributed by atoms with E-state index in [1.807, 2.05) is 6.92 Å². The maximum atomic E-state index is 11.5. The van der Waals surface area contributed by atoms with Crippen LogP contribution in [0.3, 0.4) is 0 Å². The lowest BCUT2D eigenvalue weighted by Gasteiger charge is -2.11. The third-order valence-electron chi connectivity index (χ3n) is 2.12. The van der Waals surface area contributed by atoms with Crippen LogP contribution in [0.15, 0.2) is 5.10 Å². The van der Waals surface area contributed by atoms with Gasteiger partial charge in [-0.2, -0.15) is 5.10 Å². The van der Waals surface area contributed by atoms with Gasteiger partial charge in [-0.1, -0.05) is 0 Å². The van der Waals surface area contributed by atoms with E-state index in [-0.39, 0.29) is 11.8 Å². The molecule has 0 spiro atoms. The van der Waals surface area contributed by atoms with Crippen LogP contribution in [-0.4, -0.2) is 37.3 Å². The molecule has 1 aliphatic heterocycles. The average Bonchev–Trinajstić information content (AvgIpc) is 2.29. The molecule has 2 N–H and O–H groups in total. The van der Waals surface area contributed by atoms with Gasteiger partial charge in [0, 0.05) is 32.6 Å². The summed E-state index contributed by atoms with van der Waals surface area (Å²) in [6.07, 6.45) is 1.51. The molecule has 0 aliphatic carbocycles. The number of carbonyl (C=O) groups is 2. The number of nitrogens with zero attached hydrogens (tertiary/aromatic N) is 1. The van der Waals surface area contributed by atoms with Crippen molar-refractivity contribution in [3.8, 4) is 0 Å². The maximum Gasteiger partial charge on any atom is 0.267 e. The normalized spacial score (nSPS) is 15.3. The first-order valence-corrected chi connectivity index (χ1v) is 5.45. The summed E-state index contributed by atoms with van der Waals surface area (Å²) < 4.78 is 5.14. The van der Waals surface area contributed by atoms with Crippen LogP contribution in [0.1, 0.15) is 26.2 Å². The number of hydrogen-bond acceptors (Lipinski definition) is 4. The van der Waals surface area contributed by atoms with Crippen molar-refractivity contribution in [1.29, 1.82) is 0 Å². The molecule has 6 nitrogen and oxygen atoms in total. The number of amides is 2. The van der Waals surface area contributed by atoms with Gasteiger partial charge in [-0.25, -0.2) is 5.43 Å². The molecule has 0 aromatic carbocycles. The van der Waals surface area contributed by atoms with Gasteiger partial charge < -0.3 is 10.1 Å². The predicted molar refractivity (Wildman–Crippen MR) is 58.9 cm³/mol. The molecular formula is C10H17N3O3. The lowest BCUT2D eigenvalue weighted by atomic mass is 10.1. The van der Waals surface area contributed by atoms with E-state index >= 15 is 0 Å². The van der Waals surface area contributed by atoms with Gasteiger partial charge in [0.1, 0.15) is 5.71 Å². The largest absolute Gasteiger partial charge is 0.382 e. The first-order chi connectivity index (χ1) is 7.74. The highest BCUT2D eigenvalue weighted by atomic mass is 16.5. The quantitative estimate of drug-likeness (QED) is 0.616. The van der Waals surface area contributed by atoms with Gasteiger partial charge in [0.15, 0.2) is 0 Å². The maximum absolute atomic E-state index is 11.5. The fourth-order valence-corrected chi connectivity index (χ4v) is 1.26. The van der Waals surface area contributed by atoms with Crippen molar-refractivity contribution < 1.29 is 14.3 Å². The molecule has 2 amide bonds. The van der Waals surface area contributed by atoms with Crippen LogP contribution in [0.2, 0.25) is 0 Å². The fourth-order valence-electron chi connectivity index (χ4n) is 1.26. The lowest BCUT2D eigenvalue weighted by Crippen LogP contribution is -2.37. The number of ether oxygens (including phenoxy) is 1. The van der Waals surface area contributed by atoms with Crippen LogP contribution >= 0.6 is 0 Å². The Labute approximate surface area is 94.4 Å². The first kappa shape index (κ1) is 12.6. The molecule has 0 bridgehead atoms. The Morgan fingerprint density at radius 2 is 2.38 bits per heavy atom. The van der Waals surface area contributed by atoms with Crippen molar-refractivity contribution in [2.75, 3.05) is 19.8 Å². The number of hydrogen-bond donors (Lipinski definition) is 2. The summed E-state index contributed by atoms with van der Waals surface area (Å²) in [6, 6.07) is 0. The minimum Gasteiger partial charge on any atom is -0.382 e. The molecule has 1 rings (SSSR count). The molecule has 0 aromatic heterocycles. The molecule has 0 saturated heterocycles. The van der Waals surface area contributed by atoms with Crippen LogP contribution < -0.4 is 10.7 Å². The molecule has 0 atom stereocenters. The van der Waals surface area contributed by atoms with E-state index in [1.165, 1.54) is 0 Å². The fraction of sp³-hybridized carbons (Fsp3) is 0.700. The zero-order chi connectivity index (χ0) is 11.8. The third kappa shape index (κ3) is 4.39. The van der Waals surface area contributed by atoms with Gasteiger partial charge >= 0.3 is 0 Å². The molecule has 0 unspecified atom stereocenters. The van der Waals surface area contributed by atoms with Crippen LogP contribution in [0.5, 0.6) is 0 Å². The van der Waals surface area contributed by atoms with Gasteiger partial charge in [0.25, 0.3) is 5.91 Å². The van der Waals surface area contributed by atoms with Crippen molar-refractivity contribution in [2.24, 2.45) is 5.10 Å². The van der Waals surface area contributed by atoms with E-state index in [2.05, 4.69) is 15.8 Å². The molecule has 0 fully saturated rings. The Balaban J connectivity index is 2.17. The van der Waals surface area contributed by atoms with Crippen molar-refractivity contribution in [1.82, 2.24) is 10.7 Å². The summed E-state index contributed by atoms with van der Waals surface area (Å²) in [5.41, 5.74) is 2.67. The van der Waals surface area contributed by atoms with Gasteiger partial charge in [-0.05, 0) is 13.3 Å². The highest BCUT2D eigenvalue weighted by molar-refractivity contribution is 6.39. The Bertz CT molecular complexity index is 289. The lowest BCUT2D eigenvalue weighted by molar-refractivity contribution is -0.121. The molecule has 1 heterocycles. The highest BCUT2D eigenvalue weighted by Crippen LogP contribution is 1.99. The van der Waals surface area contributed by atoms with Gasteiger partial charge in [-0.15, -0.1) is 0 Å². The summed E-state index contributed by atoms with van der Waals surface area (Å²) in [5.74, 6) is -0.357. The topological polar surface area (TPSA) is 79.8 Å². The Morgan fingerprint density at radius 1 is 1.56 bits per heavy atom. The Morgan fingerprint density at radius 3 is 3.00 bits per heavy atom. The first-order valence-electron chi connectivity index (χ1n) is 5.45. The molecular weight excluding hydrogens is 210 g/mol. The van der Waals surface area contributed by atoms with E-state index in [0.29, 0.717) is 38.3 Å². The van der Waals surface area contributed by atoms with E-state index < -0.39 is 0 Å². The zero-order valence-corrected chi connectivity index (χ0v) is 9.41. The van der Waals surface area contributed by atoms with E-state index in [1.54, 1.807) is 0 Å². The molecule has 0 radical (unpaired) electrons. The van der Waals surface area contributed by atoms with Crippen molar-refractivity contribution >= 4 is 17.5 Å². The molecule has 90 valence electrons. The summed E-state index contributed by atoms with van der Waals surface area (Å²) in [6.45, 7) is 3.82. The second-order valence-corrected chi connectivity index (χ2v) is 3.40. The number of carbonyl (C=O) groups excluding carboxylic acids is 2. The number of rotatable bonds is 6. The summed E-state index contributed by atoms with van der Waals surface area (Å²) in [5, 5.41) is 6.42. The number of nitrogens with one attached hydrogen (secondary N) is 2. The minimum atomic E-state index is -0.212. The molecule has 0 aromatic rings. The molecule has 1 aliphatic rings. The van der Waals surface area contributed by atoms with Gasteiger partial charge in [-0.3, -0.25) is 9.59 Å².